The number of nitrogens with two attached hydrogens (primary N) is 1. The zero-order chi connectivity index (χ0) is 13.7. The van der Waals surface area contributed by atoms with Gasteiger partial charge in [0, 0.05) is 18.9 Å². The molecule has 0 radical (unpaired) electrons. The largest absolute Gasteiger partial charge is 0.358 e. The molecule has 0 saturated carbocycles. The van der Waals surface area contributed by atoms with Gasteiger partial charge in [0.05, 0.1) is 12.7 Å². The Labute approximate surface area is 110 Å². The van der Waals surface area contributed by atoms with Gasteiger partial charge in [-0.2, -0.15) is 0 Å². The van der Waals surface area contributed by atoms with Gasteiger partial charge in [-0.15, -0.1) is 0 Å². The minimum atomic E-state index is -0.0838. The Bertz CT molecular complexity index is 565. The van der Waals surface area contributed by atoms with Gasteiger partial charge in [-0.05, 0) is 6.42 Å². The van der Waals surface area contributed by atoms with Crippen LogP contribution in [0.3, 0.4) is 0 Å². The summed E-state index contributed by atoms with van der Waals surface area (Å²) in [7, 11) is 0. The van der Waals surface area contributed by atoms with Crippen LogP contribution < -0.4 is 21.9 Å². The summed E-state index contributed by atoms with van der Waals surface area (Å²) in [6, 6.07) is 0. The highest BCUT2D eigenvalue weighted by Gasteiger charge is 2.08. The van der Waals surface area contributed by atoms with Crippen molar-refractivity contribution in [3.05, 3.63) is 18.6 Å². The topological polar surface area (TPSA) is 109 Å². The van der Waals surface area contributed by atoms with Crippen molar-refractivity contribution in [3.8, 4) is 0 Å². The number of imidazole rings is 1. The summed E-state index contributed by atoms with van der Waals surface area (Å²) in [6.07, 6.45) is 6.05. The predicted octanol–water partition coefficient (Wildman–Crippen LogP) is -0.0470. The Kier molecular flexibility index (Phi) is 4.14. The highest BCUT2D eigenvalue weighted by molar-refractivity contribution is 5.81. The molecule has 2 heterocycles. The van der Waals surface area contributed by atoms with Crippen LogP contribution in [0.4, 0.5) is 11.6 Å². The summed E-state index contributed by atoms with van der Waals surface area (Å²) in [5.41, 5.74) is 3.11. The highest BCUT2D eigenvalue weighted by atomic mass is 16.1. The number of fused-ring (bicyclic) bond motifs is 1. The number of nitrogens with zero attached hydrogens (tertiary/aromatic N) is 3. The number of amides is 1. The summed E-state index contributed by atoms with van der Waals surface area (Å²) in [6.45, 7) is 2.81. The maximum Gasteiger partial charge on any atom is 0.239 e. The van der Waals surface area contributed by atoms with Crippen LogP contribution in [0.15, 0.2) is 18.6 Å². The lowest BCUT2D eigenvalue weighted by atomic mass is 10.4. The molecule has 0 aliphatic carbocycles. The van der Waals surface area contributed by atoms with E-state index in [4.69, 9.17) is 5.84 Å². The van der Waals surface area contributed by atoms with Gasteiger partial charge in [0.15, 0.2) is 17.3 Å². The second-order valence-electron chi connectivity index (χ2n) is 3.98. The maximum absolute atomic E-state index is 11.5. The third-order valence-electron chi connectivity index (χ3n) is 2.51. The molecule has 0 aliphatic rings. The van der Waals surface area contributed by atoms with E-state index in [0.29, 0.717) is 23.8 Å². The summed E-state index contributed by atoms with van der Waals surface area (Å²) in [5.74, 6) is 6.26. The molecule has 2 rings (SSSR count). The molecular formula is C11H17N7O. The van der Waals surface area contributed by atoms with Crippen LogP contribution >= 0.6 is 0 Å². The lowest BCUT2D eigenvalue weighted by Gasteiger charge is -2.09. The number of carbonyl (C=O) groups excluding carboxylic acids is 1. The van der Waals surface area contributed by atoms with Gasteiger partial charge in [0.2, 0.25) is 5.91 Å². The van der Waals surface area contributed by atoms with Gasteiger partial charge < -0.3 is 20.5 Å². The van der Waals surface area contributed by atoms with E-state index in [-0.39, 0.29) is 12.5 Å². The Morgan fingerprint density at radius 2 is 2.37 bits per heavy atom. The van der Waals surface area contributed by atoms with Crippen molar-refractivity contribution in [2.75, 3.05) is 23.8 Å². The first kappa shape index (κ1) is 13.1. The molecule has 8 nitrogen and oxygen atoms in total. The van der Waals surface area contributed by atoms with Crippen LogP contribution in [-0.2, 0) is 4.79 Å². The minimum absolute atomic E-state index is 0.0838. The first-order chi connectivity index (χ1) is 9.24. The first-order valence-electron chi connectivity index (χ1n) is 6.05. The molecule has 19 heavy (non-hydrogen) atoms. The number of nitrogen functional groups attached to an aromatic ring is 1. The molecule has 0 fully saturated rings. The van der Waals surface area contributed by atoms with E-state index >= 15 is 0 Å². The molecule has 2 aromatic heterocycles. The predicted molar refractivity (Wildman–Crippen MR) is 72.6 cm³/mol. The molecule has 0 spiro atoms. The molecule has 0 aliphatic heterocycles. The third kappa shape index (κ3) is 3.10. The zero-order valence-electron chi connectivity index (χ0n) is 10.7. The molecule has 0 atom stereocenters. The number of nitrogens with one attached hydrogen (secondary N) is 3. The van der Waals surface area contributed by atoms with Crippen molar-refractivity contribution >= 4 is 23.2 Å². The Morgan fingerprint density at radius 3 is 3.11 bits per heavy atom. The van der Waals surface area contributed by atoms with E-state index in [1.165, 1.54) is 0 Å². The smallest absolute Gasteiger partial charge is 0.239 e. The van der Waals surface area contributed by atoms with E-state index in [9.17, 15) is 4.79 Å². The van der Waals surface area contributed by atoms with E-state index in [1.54, 1.807) is 23.0 Å². The number of rotatable bonds is 6. The summed E-state index contributed by atoms with van der Waals surface area (Å²) < 4.78 is 1.77. The zero-order valence-corrected chi connectivity index (χ0v) is 10.7. The monoisotopic (exact) mass is 263 g/mol. The number of aromatic nitrogens is 3. The van der Waals surface area contributed by atoms with Gasteiger partial charge in [0.25, 0.3) is 0 Å². The Morgan fingerprint density at radius 1 is 1.53 bits per heavy atom. The maximum atomic E-state index is 11.5. The van der Waals surface area contributed by atoms with Crippen molar-refractivity contribution in [1.29, 1.82) is 0 Å². The number of hydrazine groups is 1. The number of hydrogen-bond donors (Lipinski definition) is 4. The van der Waals surface area contributed by atoms with Crippen molar-refractivity contribution in [2.45, 2.75) is 13.3 Å². The lowest BCUT2D eigenvalue weighted by molar-refractivity contribution is -0.119. The van der Waals surface area contributed by atoms with Crippen LogP contribution in [0, 0.1) is 0 Å². The van der Waals surface area contributed by atoms with Crippen molar-refractivity contribution in [1.82, 2.24) is 19.7 Å². The highest BCUT2D eigenvalue weighted by Crippen LogP contribution is 2.15. The van der Waals surface area contributed by atoms with Crippen molar-refractivity contribution < 1.29 is 4.79 Å². The second-order valence-corrected chi connectivity index (χ2v) is 3.98. The summed E-state index contributed by atoms with van der Waals surface area (Å²) in [4.78, 5) is 19.9. The van der Waals surface area contributed by atoms with Gasteiger partial charge >= 0.3 is 0 Å². The third-order valence-corrected chi connectivity index (χ3v) is 2.51. The number of hydrogen-bond acceptors (Lipinski definition) is 6. The SMILES string of the molecule is CCCNC(=O)CNc1nc(NN)cn2ccnc12. The van der Waals surface area contributed by atoms with Gasteiger partial charge in [0.1, 0.15) is 0 Å². The average molecular weight is 263 g/mol. The quantitative estimate of drug-likeness (QED) is 0.430. The van der Waals surface area contributed by atoms with Crippen molar-refractivity contribution in [3.63, 3.8) is 0 Å². The summed E-state index contributed by atoms with van der Waals surface area (Å²) in [5, 5.41) is 5.73. The van der Waals surface area contributed by atoms with Crippen LogP contribution in [-0.4, -0.2) is 33.4 Å². The van der Waals surface area contributed by atoms with Crippen molar-refractivity contribution in [2.24, 2.45) is 5.84 Å². The van der Waals surface area contributed by atoms with Crippen LogP contribution in [0.1, 0.15) is 13.3 Å². The van der Waals surface area contributed by atoms with Crippen LogP contribution in [0.5, 0.6) is 0 Å². The number of anilines is 2. The average Bonchev–Trinajstić information content (AvgIpc) is 2.90. The lowest BCUT2D eigenvalue weighted by Crippen LogP contribution is -2.30. The van der Waals surface area contributed by atoms with E-state index < -0.39 is 0 Å². The molecule has 0 saturated heterocycles. The molecule has 102 valence electrons. The van der Waals surface area contributed by atoms with Crippen LogP contribution in [0.25, 0.3) is 5.65 Å². The first-order valence-corrected chi connectivity index (χ1v) is 6.05. The minimum Gasteiger partial charge on any atom is -0.358 e. The van der Waals surface area contributed by atoms with E-state index in [0.717, 1.165) is 6.42 Å². The fraction of sp³-hybridized carbons (Fsp3) is 0.364. The normalized spacial score (nSPS) is 10.4. The molecule has 5 N–H and O–H groups in total. The second kappa shape index (κ2) is 6.01. The molecule has 1 amide bonds. The fourth-order valence-corrected chi connectivity index (χ4v) is 1.61. The van der Waals surface area contributed by atoms with E-state index in [2.05, 4.69) is 26.0 Å². The van der Waals surface area contributed by atoms with Gasteiger partial charge in [-0.1, -0.05) is 6.92 Å². The number of carbonyl (C=O) groups is 1. The fourth-order valence-electron chi connectivity index (χ4n) is 1.61. The molecule has 8 heteroatoms. The van der Waals surface area contributed by atoms with Gasteiger partial charge in [-0.25, -0.2) is 15.8 Å². The standard InChI is InChI=1S/C11H17N7O/c1-2-3-13-9(19)6-15-10-11-14-4-5-18(11)7-8(16-10)17-12/h4-5,7,17H,2-3,6,12H2,1H3,(H,13,19)(H,15,16). The van der Waals surface area contributed by atoms with E-state index in [1.807, 2.05) is 6.92 Å². The Balaban J connectivity index is 2.10. The van der Waals surface area contributed by atoms with Crippen LogP contribution in [0.2, 0.25) is 0 Å². The Hall–Kier alpha value is -2.35. The van der Waals surface area contributed by atoms with Gasteiger partial charge in [-0.3, -0.25) is 4.79 Å². The molecule has 0 unspecified atom stereocenters. The molecule has 0 aromatic carbocycles. The summed E-state index contributed by atoms with van der Waals surface area (Å²) >= 11 is 0. The molecular weight excluding hydrogens is 246 g/mol. The molecule has 2 aromatic rings. The molecule has 0 bridgehead atoms.